The normalized spacial score (nSPS) is 33.8. The van der Waals surface area contributed by atoms with Gasteiger partial charge in [0, 0.05) is 18.1 Å². The fourth-order valence-corrected chi connectivity index (χ4v) is 3.55. The highest BCUT2D eigenvalue weighted by Gasteiger charge is 2.32. The number of nitrogens with zero attached hydrogens (tertiary/aromatic N) is 1. The van der Waals surface area contributed by atoms with Crippen LogP contribution in [0.5, 0.6) is 0 Å². The molecule has 2 saturated carbocycles. The first kappa shape index (κ1) is 11.4. The van der Waals surface area contributed by atoms with Gasteiger partial charge in [0.15, 0.2) is 0 Å². The molecule has 0 aromatic carbocycles. The van der Waals surface area contributed by atoms with Crippen molar-refractivity contribution < 1.29 is 0 Å². The molecule has 0 saturated heterocycles. The van der Waals surface area contributed by atoms with Gasteiger partial charge in [-0.1, -0.05) is 32.6 Å². The van der Waals surface area contributed by atoms with Crippen LogP contribution in [-0.2, 0) is 0 Å². The molecule has 0 spiro atoms. The van der Waals surface area contributed by atoms with Crippen molar-refractivity contribution >= 4 is 0 Å². The van der Waals surface area contributed by atoms with Crippen molar-refractivity contribution in [3.8, 4) is 0 Å². The maximum Gasteiger partial charge on any atom is 0.0250 e. The van der Waals surface area contributed by atoms with Gasteiger partial charge in [0.2, 0.25) is 0 Å². The van der Waals surface area contributed by atoms with Crippen molar-refractivity contribution in [2.45, 2.75) is 76.4 Å². The van der Waals surface area contributed by atoms with Gasteiger partial charge in [0.25, 0.3) is 0 Å². The van der Waals surface area contributed by atoms with Crippen molar-refractivity contribution in [3.05, 3.63) is 0 Å². The molecule has 0 heterocycles. The second-order valence-corrected chi connectivity index (χ2v) is 5.28. The Morgan fingerprint density at radius 1 is 1.00 bits per heavy atom. The molecule has 2 rings (SSSR count). The molecule has 0 aromatic rings. The standard InChI is InChI=1S/C13H26N2/c1-2-15(11-7-3-4-8-11)13-10-6-5-9-12(13)14/h11-13H,2-10,14H2,1H3/t12-,13-/m1/s1. The van der Waals surface area contributed by atoms with Crippen LogP contribution in [-0.4, -0.2) is 29.6 Å². The lowest BCUT2D eigenvalue weighted by atomic mass is 9.89. The van der Waals surface area contributed by atoms with Crippen molar-refractivity contribution in [1.82, 2.24) is 4.90 Å². The summed E-state index contributed by atoms with van der Waals surface area (Å²) in [6, 6.07) is 1.98. The first-order valence-electron chi connectivity index (χ1n) is 6.84. The third-order valence-electron chi connectivity index (χ3n) is 4.37. The highest BCUT2D eigenvalue weighted by atomic mass is 15.2. The molecule has 2 fully saturated rings. The smallest absolute Gasteiger partial charge is 0.0250 e. The Labute approximate surface area is 94.2 Å². The van der Waals surface area contributed by atoms with Gasteiger partial charge < -0.3 is 5.73 Å². The first-order chi connectivity index (χ1) is 7.33. The molecule has 2 heteroatoms. The van der Waals surface area contributed by atoms with Gasteiger partial charge in [-0.25, -0.2) is 0 Å². The first-order valence-corrected chi connectivity index (χ1v) is 6.84. The number of rotatable bonds is 3. The fraction of sp³-hybridized carbons (Fsp3) is 1.00. The van der Waals surface area contributed by atoms with E-state index in [0.29, 0.717) is 12.1 Å². The Balaban J connectivity index is 1.97. The van der Waals surface area contributed by atoms with Crippen LogP contribution in [0, 0.1) is 0 Å². The van der Waals surface area contributed by atoms with Gasteiger partial charge in [-0.05, 0) is 32.2 Å². The summed E-state index contributed by atoms with van der Waals surface area (Å²) in [6.45, 7) is 3.50. The third-order valence-corrected chi connectivity index (χ3v) is 4.37. The summed E-state index contributed by atoms with van der Waals surface area (Å²) in [4.78, 5) is 2.72. The monoisotopic (exact) mass is 210 g/mol. The summed E-state index contributed by atoms with van der Waals surface area (Å²) < 4.78 is 0. The van der Waals surface area contributed by atoms with Crippen LogP contribution in [0.1, 0.15) is 58.3 Å². The van der Waals surface area contributed by atoms with Crippen LogP contribution in [0.25, 0.3) is 0 Å². The summed E-state index contributed by atoms with van der Waals surface area (Å²) in [7, 11) is 0. The summed E-state index contributed by atoms with van der Waals surface area (Å²) in [5.41, 5.74) is 6.28. The molecule has 0 unspecified atom stereocenters. The molecule has 2 aliphatic rings. The van der Waals surface area contributed by atoms with Crippen molar-refractivity contribution in [3.63, 3.8) is 0 Å². The lowest BCUT2D eigenvalue weighted by Crippen LogP contribution is -2.52. The van der Waals surface area contributed by atoms with E-state index in [9.17, 15) is 0 Å². The number of nitrogens with two attached hydrogens (primary N) is 1. The molecular formula is C13H26N2. The second kappa shape index (κ2) is 5.31. The van der Waals surface area contributed by atoms with Crippen molar-refractivity contribution in [1.29, 1.82) is 0 Å². The van der Waals surface area contributed by atoms with Crippen LogP contribution in [0.4, 0.5) is 0 Å². The van der Waals surface area contributed by atoms with E-state index in [4.69, 9.17) is 5.73 Å². The molecule has 0 aromatic heterocycles. The minimum absolute atomic E-state index is 0.444. The molecule has 0 bridgehead atoms. The predicted octanol–water partition coefficient (Wildman–Crippen LogP) is 2.52. The minimum atomic E-state index is 0.444. The van der Waals surface area contributed by atoms with E-state index in [-0.39, 0.29) is 0 Å². The van der Waals surface area contributed by atoms with Gasteiger partial charge in [-0.2, -0.15) is 0 Å². The van der Waals surface area contributed by atoms with E-state index in [1.165, 1.54) is 57.9 Å². The SMILES string of the molecule is CCN(C1CCCC1)[C@@H]1CCCC[C@H]1N. The Morgan fingerprint density at radius 3 is 2.20 bits per heavy atom. The minimum Gasteiger partial charge on any atom is -0.326 e. The topological polar surface area (TPSA) is 29.3 Å². The maximum atomic E-state index is 6.28. The maximum absolute atomic E-state index is 6.28. The summed E-state index contributed by atoms with van der Waals surface area (Å²) >= 11 is 0. The number of hydrogen-bond acceptors (Lipinski definition) is 2. The molecule has 0 amide bonds. The quantitative estimate of drug-likeness (QED) is 0.775. The van der Waals surface area contributed by atoms with E-state index in [2.05, 4.69) is 11.8 Å². The summed E-state index contributed by atoms with van der Waals surface area (Å²) in [5.74, 6) is 0. The Morgan fingerprint density at radius 2 is 1.60 bits per heavy atom. The van der Waals surface area contributed by atoms with Crippen LogP contribution < -0.4 is 5.73 Å². The molecule has 0 aliphatic heterocycles. The highest BCUT2D eigenvalue weighted by Crippen LogP contribution is 2.30. The Kier molecular flexibility index (Phi) is 4.04. The molecule has 2 N–H and O–H groups in total. The highest BCUT2D eigenvalue weighted by molar-refractivity contribution is 4.90. The zero-order valence-electron chi connectivity index (χ0n) is 10.1. The Bertz CT molecular complexity index is 187. The number of likely N-dealkylation sites (N-methyl/N-ethyl adjacent to an activating group) is 1. The molecule has 0 radical (unpaired) electrons. The van der Waals surface area contributed by atoms with Crippen molar-refractivity contribution in [2.24, 2.45) is 5.73 Å². The molecule has 15 heavy (non-hydrogen) atoms. The van der Waals surface area contributed by atoms with E-state index >= 15 is 0 Å². The molecule has 2 atom stereocenters. The van der Waals surface area contributed by atoms with E-state index in [1.807, 2.05) is 0 Å². The van der Waals surface area contributed by atoms with Crippen LogP contribution in [0.3, 0.4) is 0 Å². The largest absolute Gasteiger partial charge is 0.326 e. The average molecular weight is 210 g/mol. The van der Waals surface area contributed by atoms with E-state index in [1.54, 1.807) is 0 Å². The zero-order chi connectivity index (χ0) is 10.7. The third kappa shape index (κ3) is 2.54. The average Bonchev–Trinajstić information content (AvgIpc) is 2.75. The molecule has 2 aliphatic carbocycles. The Hall–Kier alpha value is -0.0800. The fourth-order valence-electron chi connectivity index (χ4n) is 3.55. The van der Waals surface area contributed by atoms with Crippen molar-refractivity contribution in [2.75, 3.05) is 6.54 Å². The van der Waals surface area contributed by atoms with E-state index < -0.39 is 0 Å². The van der Waals surface area contributed by atoms with E-state index in [0.717, 1.165) is 6.04 Å². The second-order valence-electron chi connectivity index (χ2n) is 5.28. The van der Waals surface area contributed by atoms with Gasteiger partial charge in [-0.3, -0.25) is 4.90 Å². The van der Waals surface area contributed by atoms with Gasteiger partial charge in [0.1, 0.15) is 0 Å². The zero-order valence-corrected chi connectivity index (χ0v) is 10.1. The summed E-state index contributed by atoms with van der Waals surface area (Å²) in [6.07, 6.45) is 11.0. The molecule has 88 valence electrons. The van der Waals surface area contributed by atoms with Crippen LogP contribution in [0.2, 0.25) is 0 Å². The van der Waals surface area contributed by atoms with Gasteiger partial charge in [0.05, 0.1) is 0 Å². The molecular weight excluding hydrogens is 184 g/mol. The van der Waals surface area contributed by atoms with Gasteiger partial charge in [-0.15, -0.1) is 0 Å². The van der Waals surface area contributed by atoms with Crippen LogP contribution in [0.15, 0.2) is 0 Å². The predicted molar refractivity (Wildman–Crippen MR) is 64.9 cm³/mol. The lowest BCUT2D eigenvalue weighted by Gasteiger charge is -2.41. The summed E-state index contributed by atoms with van der Waals surface area (Å²) in [5, 5.41) is 0. The van der Waals surface area contributed by atoms with Gasteiger partial charge >= 0.3 is 0 Å². The molecule has 2 nitrogen and oxygen atoms in total. The lowest BCUT2D eigenvalue weighted by molar-refractivity contribution is 0.0977. The number of hydrogen-bond donors (Lipinski definition) is 1. The van der Waals surface area contributed by atoms with Crippen LogP contribution >= 0.6 is 0 Å².